The molecule has 0 amide bonds. The average molecular weight is 247 g/mol. The average Bonchev–Trinajstić information content (AvgIpc) is 2.46. The first-order valence-corrected chi connectivity index (χ1v) is 7.16. The first-order valence-electron chi connectivity index (χ1n) is 7.16. The van der Waals surface area contributed by atoms with Crippen molar-refractivity contribution in [1.82, 2.24) is 0 Å². The van der Waals surface area contributed by atoms with E-state index in [1.165, 1.54) is 37.7 Å². The lowest BCUT2D eigenvalue weighted by molar-refractivity contribution is 0.251. The largest absolute Gasteiger partial charge is 0.497 e. The second-order valence-electron chi connectivity index (χ2n) is 5.45. The van der Waals surface area contributed by atoms with Gasteiger partial charge in [0.2, 0.25) is 0 Å². The third kappa shape index (κ3) is 3.49. The van der Waals surface area contributed by atoms with Crippen molar-refractivity contribution in [2.24, 2.45) is 17.6 Å². The molecule has 1 fully saturated rings. The summed E-state index contributed by atoms with van der Waals surface area (Å²) in [5.74, 6) is 2.42. The molecule has 2 nitrogen and oxygen atoms in total. The van der Waals surface area contributed by atoms with Crippen LogP contribution in [0.25, 0.3) is 0 Å². The van der Waals surface area contributed by atoms with Crippen molar-refractivity contribution in [3.63, 3.8) is 0 Å². The van der Waals surface area contributed by atoms with E-state index in [0.29, 0.717) is 5.92 Å². The fraction of sp³-hybridized carbons (Fsp3) is 0.625. The predicted octanol–water partition coefficient (Wildman–Crippen LogP) is 3.39. The van der Waals surface area contributed by atoms with Crippen molar-refractivity contribution in [3.05, 3.63) is 29.8 Å². The van der Waals surface area contributed by atoms with Gasteiger partial charge >= 0.3 is 0 Å². The summed E-state index contributed by atoms with van der Waals surface area (Å²) in [6.07, 6.45) is 8.02. The number of benzene rings is 1. The Morgan fingerprint density at radius 1 is 1.28 bits per heavy atom. The molecule has 0 saturated heterocycles. The highest BCUT2D eigenvalue weighted by Crippen LogP contribution is 2.31. The topological polar surface area (TPSA) is 35.2 Å². The summed E-state index contributed by atoms with van der Waals surface area (Å²) in [7, 11) is 1.72. The van der Waals surface area contributed by atoms with Crippen LogP contribution in [0.15, 0.2) is 24.3 Å². The minimum absolute atomic E-state index is 0.636. The molecule has 0 radical (unpaired) electrons. The highest BCUT2D eigenvalue weighted by molar-refractivity contribution is 5.28. The second-order valence-corrected chi connectivity index (χ2v) is 5.45. The summed E-state index contributed by atoms with van der Waals surface area (Å²) in [5.41, 5.74) is 7.35. The molecule has 1 saturated carbocycles. The lowest BCUT2D eigenvalue weighted by Crippen LogP contribution is -2.27. The summed E-state index contributed by atoms with van der Waals surface area (Å²) in [5, 5.41) is 0. The maximum Gasteiger partial charge on any atom is 0.119 e. The first kappa shape index (κ1) is 13.4. The molecular weight excluding hydrogens is 222 g/mol. The van der Waals surface area contributed by atoms with Crippen LogP contribution in [0.5, 0.6) is 5.75 Å². The molecular formula is C16H25NO. The summed E-state index contributed by atoms with van der Waals surface area (Å²) in [6.45, 7) is 0.807. The fourth-order valence-corrected chi connectivity index (χ4v) is 3.15. The molecule has 100 valence electrons. The fourth-order valence-electron chi connectivity index (χ4n) is 3.15. The van der Waals surface area contributed by atoms with E-state index in [2.05, 4.69) is 18.2 Å². The molecule has 1 aliphatic carbocycles. The van der Waals surface area contributed by atoms with Gasteiger partial charge in [-0.2, -0.15) is 0 Å². The summed E-state index contributed by atoms with van der Waals surface area (Å²) in [4.78, 5) is 0. The van der Waals surface area contributed by atoms with Gasteiger partial charge in [-0.1, -0.05) is 44.2 Å². The van der Waals surface area contributed by atoms with Crippen LogP contribution < -0.4 is 10.5 Å². The van der Waals surface area contributed by atoms with Crippen molar-refractivity contribution < 1.29 is 4.74 Å². The standard InChI is InChI=1S/C16H25NO/c1-18-16-9-5-6-13(11-16)10-15(12-17)14-7-3-2-4-8-14/h5-6,9,11,14-15H,2-4,7-8,10,12,17H2,1H3. The number of methoxy groups -OCH3 is 1. The molecule has 1 atom stereocenters. The van der Waals surface area contributed by atoms with Crippen LogP contribution >= 0.6 is 0 Å². The number of ether oxygens (including phenoxy) is 1. The van der Waals surface area contributed by atoms with E-state index in [-0.39, 0.29) is 0 Å². The maximum absolute atomic E-state index is 5.99. The Kier molecular flexibility index (Phi) is 5.06. The minimum Gasteiger partial charge on any atom is -0.497 e. The molecule has 0 aromatic heterocycles. The maximum atomic E-state index is 5.99. The molecule has 0 bridgehead atoms. The van der Waals surface area contributed by atoms with Crippen molar-refractivity contribution in [2.45, 2.75) is 38.5 Å². The number of nitrogens with two attached hydrogens (primary N) is 1. The lowest BCUT2D eigenvalue weighted by atomic mass is 9.77. The smallest absolute Gasteiger partial charge is 0.119 e. The molecule has 1 aromatic carbocycles. The zero-order valence-corrected chi connectivity index (χ0v) is 11.4. The van der Waals surface area contributed by atoms with Gasteiger partial charge in [-0.15, -0.1) is 0 Å². The van der Waals surface area contributed by atoms with E-state index in [9.17, 15) is 0 Å². The van der Waals surface area contributed by atoms with E-state index >= 15 is 0 Å². The van der Waals surface area contributed by atoms with Gasteiger partial charge in [0.15, 0.2) is 0 Å². The summed E-state index contributed by atoms with van der Waals surface area (Å²) in [6, 6.07) is 8.41. The normalized spacial score (nSPS) is 18.6. The van der Waals surface area contributed by atoms with Gasteiger partial charge in [-0.25, -0.2) is 0 Å². The SMILES string of the molecule is COc1cccc(CC(CN)C2CCCCC2)c1. The zero-order chi connectivity index (χ0) is 12.8. The number of rotatable bonds is 5. The molecule has 1 aliphatic rings. The Morgan fingerprint density at radius 2 is 2.06 bits per heavy atom. The molecule has 2 N–H and O–H groups in total. The summed E-state index contributed by atoms with van der Waals surface area (Å²) < 4.78 is 5.28. The Balaban J connectivity index is 1.99. The van der Waals surface area contributed by atoms with Crippen LogP contribution in [0.2, 0.25) is 0 Å². The van der Waals surface area contributed by atoms with Crippen molar-refractivity contribution >= 4 is 0 Å². The highest BCUT2D eigenvalue weighted by Gasteiger charge is 2.22. The van der Waals surface area contributed by atoms with Crippen molar-refractivity contribution in [1.29, 1.82) is 0 Å². The third-order valence-corrected chi connectivity index (χ3v) is 4.25. The van der Waals surface area contributed by atoms with Crippen LogP contribution in [-0.2, 0) is 6.42 Å². The third-order valence-electron chi connectivity index (χ3n) is 4.25. The van der Waals surface area contributed by atoms with Gasteiger partial charge in [0, 0.05) is 0 Å². The van der Waals surface area contributed by atoms with Crippen LogP contribution in [0.3, 0.4) is 0 Å². The molecule has 0 heterocycles. The predicted molar refractivity (Wildman–Crippen MR) is 75.8 cm³/mol. The van der Waals surface area contributed by atoms with Gasteiger partial charge in [0.25, 0.3) is 0 Å². The van der Waals surface area contributed by atoms with Gasteiger partial charge in [0.1, 0.15) is 5.75 Å². The summed E-state index contributed by atoms with van der Waals surface area (Å²) >= 11 is 0. The van der Waals surface area contributed by atoms with Crippen LogP contribution in [0, 0.1) is 11.8 Å². The van der Waals surface area contributed by atoms with Crippen molar-refractivity contribution in [3.8, 4) is 5.75 Å². The molecule has 18 heavy (non-hydrogen) atoms. The Bertz CT molecular complexity index is 358. The van der Waals surface area contributed by atoms with Gasteiger partial charge < -0.3 is 10.5 Å². The van der Waals surface area contributed by atoms with Gasteiger partial charge in [-0.3, -0.25) is 0 Å². The lowest BCUT2D eigenvalue weighted by Gasteiger charge is -2.29. The number of hydrogen-bond donors (Lipinski definition) is 1. The van der Waals surface area contributed by atoms with Gasteiger partial charge in [-0.05, 0) is 42.5 Å². The van der Waals surface area contributed by atoms with Crippen LogP contribution in [-0.4, -0.2) is 13.7 Å². The first-order chi connectivity index (χ1) is 8.83. The van der Waals surface area contributed by atoms with E-state index in [1.54, 1.807) is 7.11 Å². The monoisotopic (exact) mass is 247 g/mol. The molecule has 0 aliphatic heterocycles. The minimum atomic E-state index is 0.636. The Hall–Kier alpha value is -1.02. The Labute approximate surface area is 111 Å². The van der Waals surface area contributed by atoms with E-state index in [4.69, 9.17) is 10.5 Å². The van der Waals surface area contributed by atoms with Crippen LogP contribution in [0.1, 0.15) is 37.7 Å². The molecule has 0 spiro atoms. The molecule has 1 unspecified atom stereocenters. The quantitative estimate of drug-likeness (QED) is 0.865. The van der Waals surface area contributed by atoms with E-state index in [0.717, 1.165) is 24.6 Å². The molecule has 2 heteroatoms. The Morgan fingerprint density at radius 3 is 2.72 bits per heavy atom. The van der Waals surface area contributed by atoms with Crippen LogP contribution in [0.4, 0.5) is 0 Å². The van der Waals surface area contributed by atoms with Crippen molar-refractivity contribution in [2.75, 3.05) is 13.7 Å². The molecule has 2 rings (SSSR count). The van der Waals surface area contributed by atoms with E-state index in [1.807, 2.05) is 6.07 Å². The van der Waals surface area contributed by atoms with Gasteiger partial charge in [0.05, 0.1) is 7.11 Å². The molecule has 1 aromatic rings. The van der Waals surface area contributed by atoms with E-state index < -0.39 is 0 Å². The number of hydrogen-bond acceptors (Lipinski definition) is 2. The second kappa shape index (κ2) is 6.79. The highest BCUT2D eigenvalue weighted by atomic mass is 16.5. The zero-order valence-electron chi connectivity index (χ0n) is 11.4.